The molecule has 0 saturated carbocycles. The minimum Gasteiger partial charge on any atom is -0.452 e. The van der Waals surface area contributed by atoms with Crippen molar-refractivity contribution in [3.63, 3.8) is 0 Å². The summed E-state index contributed by atoms with van der Waals surface area (Å²) in [5.74, 6) is -1.60. The van der Waals surface area contributed by atoms with Crippen LogP contribution in [0.1, 0.15) is 21.5 Å². The van der Waals surface area contributed by atoms with E-state index in [2.05, 4.69) is 21.2 Å². The van der Waals surface area contributed by atoms with Crippen LogP contribution in [-0.2, 0) is 19.6 Å². The maximum atomic E-state index is 12.2. The Morgan fingerprint density at radius 2 is 1.90 bits per heavy atom. The molecule has 0 aromatic heterocycles. The lowest BCUT2D eigenvalue weighted by molar-refractivity contribution is -0.384. The molecule has 12 heteroatoms. The molecule has 0 heterocycles. The van der Waals surface area contributed by atoms with E-state index in [-0.39, 0.29) is 26.3 Å². The minimum atomic E-state index is -4.04. The molecular formula is C17H16BrN3O7S. The predicted molar refractivity (Wildman–Crippen MR) is 107 cm³/mol. The molecule has 29 heavy (non-hydrogen) atoms. The van der Waals surface area contributed by atoms with Gasteiger partial charge in [-0.05, 0) is 59.1 Å². The molecule has 154 valence electrons. The van der Waals surface area contributed by atoms with Gasteiger partial charge in [-0.1, -0.05) is 0 Å². The number of ether oxygens (including phenoxy) is 1. The fourth-order valence-corrected chi connectivity index (χ4v) is 3.70. The van der Waals surface area contributed by atoms with Crippen molar-refractivity contribution in [3.05, 3.63) is 61.6 Å². The van der Waals surface area contributed by atoms with Crippen molar-refractivity contribution >= 4 is 49.2 Å². The molecule has 1 amide bonds. The Morgan fingerprint density at radius 3 is 2.45 bits per heavy atom. The van der Waals surface area contributed by atoms with Crippen LogP contribution in [0.3, 0.4) is 0 Å². The Morgan fingerprint density at radius 1 is 1.24 bits per heavy atom. The number of aryl methyl sites for hydroxylation is 1. The highest BCUT2D eigenvalue weighted by atomic mass is 79.9. The summed E-state index contributed by atoms with van der Waals surface area (Å²) in [4.78, 5) is 34.1. The summed E-state index contributed by atoms with van der Waals surface area (Å²) in [5, 5.41) is 18.3. The number of carbonyl (C=O) groups is 2. The molecule has 0 aliphatic rings. The Kier molecular flexibility index (Phi) is 6.72. The third kappa shape index (κ3) is 5.59. The number of nitrogens with zero attached hydrogens (tertiary/aromatic N) is 1. The van der Waals surface area contributed by atoms with Crippen molar-refractivity contribution in [3.8, 4) is 0 Å². The lowest BCUT2D eigenvalue weighted by atomic mass is 10.1. The zero-order valence-electron chi connectivity index (χ0n) is 15.3. The predicted octanol–water partition coefficient (Wildman–Crippen LogP) is 2.42. The summed E-state index contributed by atoms with van der Waals surface area (Å²) in [6.45, 7) is 2.51. The second-order valence-electron chi connectivity index (χ2n) is 6.01. The highest BCUT2D eigenvalue weighted by molar-refractivity contribution is 9.10. The molecule has 0 saturated heterocycles. The number of hydrogen-bond donors (Lipinski definition) is 2. The number of sulfonamides is 1. The van der Waals surface area contributed by atoms with E-state index in [1.54, 1.807) is 13.8 Å². The summed E-state index contributed by atoms with van der Waals surface area (Å²) in [7, 11) is -4.04. The molecule has 0 radical (unpaired) electrons. The van der Waals surface area contributed by atoms with Crippen LogP contribution >= 0.6 is 15.9 Å². The van der Waals surface area contributed by atoms with Crippen molar-refractivity contribution in [2.45, 2.75) is 18.7 Å². The van der Waals surface area contributed by atoms with Gasteiger partial charge in [-0.2, -0.15) is 0 Å². The molecule has 3 N–H and O–H groups in total. The van der Waals surface area contributed by atoms with Crippen molar-refractivity contribution in [1.82, 2.24) is 0 Å². The van der Waals surface area contributed by atoms with Gasteiger partial charge in [-0.15, -0.1) is 0 Å². The number of anilines is 1. The molecule has 0 bridgehead atoms. The van der Waals surface area contributed by atoms with Crippen LogP contribution in [0.2, 0.25) is 0 Å². The van der Waals surface area contributed by atoms with Crippen LogP contribution in [0.25, 0.3) is 0 Å². The van der Waals surface area contributed by atoms with E-state index in [1.165, 1.54) is 24.3 Å². The van der Waals surface area contributed by atoms with Crippen molar-refractivity contribution in [2.24, 2.45) is 5.14 Å². The molecule has 2 rings (SSSR count). The van der Waals surface area contributed by atoms with Gasteiger partial charge in [0.05, 0.1) is 21.1 Å². The number of nitro benzene ring substituents is 1. The zero-order chi connectivity index (χ0) is 21.9. The number of amides is 1. The number of nitrogens with two attached hydrogens (primary N) is 1. The topological polar surface area (TPSA) is 159 Å². The van der Waals surface area contributed by atoms with Gasteiger partial charge in [0.2, 0.25) is 10.0 Å². The smallest absolute Gasteiger partial charge is 0.338 e. The van der Waals surface area contributed by atoms with Crippen molar-refractivity contribution in [1.29, 1.82) is 0 Å². The van der Waals surface area contributed by atoms with E-state index >= 15 is 0 Å². The van der Waals surface area contributed by atoms with E-state index in [4.69, 9.17) is 9.88 Å². The molecule has 0 atom stereocenters. The molecule has 2 aromatic rings. The molecule has 2 aromatic carbocycles. The van der Waals surface area contributed by atoms with Gasteiger partial charge >= 0.3 is 5.97 Å². The quantitative estimate of drug-likeness (QED) is 0.360. The number of esters is 1. The molecule has 0 fully saturated rings. The Labute approximate surface area is 174 Å². The van der Waals surface area contributed by atoms with Gasteiger partial charge in [0.25, 0.3) is 11.6 Å². The van der Waals surface area contributed by atoms with E-state index in [1.807, 2.05) is 0 Å². The van der Waals surface area contributed by atoms with Gasteiger partial charge in [-0.3, -0.25) is 14.9 Å². The van der Waals surface area contributed by atoms with Gasteiger partial charge < -0.3 is 10.1 Å². The van der Waals surface area contributed by atoms with Crippen LogP contribution in [-0.4, -0.2) is 31.8 Å². The van der Waals surface area contributed by atoms with Gasteiger partial charge in [0.1, 0.15) is 0 Å². The highest BCUT2D eigenvalue weighted by Gasteiger charge is 2.19. The first-order chi connectivity index (χ1) is 13.4. The Balaban J connectivity index is 2.09. The number of rotatable bonds is 6. The normalized spacial score (nSPS) is 11.0. The Bertz CT molecular complexity index is 1120. The standard InChI is InChI=1S/C17H16BrN3O7S/c1-9-5-11(6-15(10(9)2)29(19,26)27)17(23)28-8-16(22)20-14-4-3-12(21(24)25)7-13(14)18/h3-7H,8H2,1-2H3,(H,20,22)(H2,19,26,27). The molecule has 0 aliphatic carbocycles. The summed E-state index contributed by atoms with van der Waals surface area (Å²) in [6, 6.07) is 6.26. The number of halogens is 1. The fourth-order valence-electron chi connectivity index (χ4n) is 2.36. The third-order valence-corrected chi connectivity index (χ3v) is 5.63. The number of hydrogen-bond acceptors (Lipinski definition) is 7. The van der Waals surface area contributed by atoms with Gasteiger partial charge in [-0.25, -0.2) is 18.4 Å². The number of carbonyl (C=O) groups excluding carboxylic acids is 2. The highest BCUT2D eigenvalue weighted by Crippen LogP contribution is 2.27. The number of nitro groups is 1. The van der Waals surface area contributed by atoms with Crippen LogP contribution in [0.5, 0.6) is 0 Å². The minimum absolute atomic E-state index is 0.0681. The monoisotopic (exact) mass is 485 g/mol. The molecule has 0 unspecified atom stereocenters. The molecule has 0 aliphatic heterocycles. The lowest BCUT2D eigenvalue weighted by Gasteiger charge is -2.11. The average Bonchev–Trinajstić information content (AvgIpc) is 2.62. The lowest BCUT2D eigenvalue weighted by Crippen LogP contribution is -2.22. The first-order valence-electron chi connectivity index (χ1n) is 7.95. The zero-order valence-corrected chi connectivity index (χ0v) is 17.7. The van der Waals surface area contributed by atoms with E-state index in [9.17, 15) is 28.1 Å². The number of non-ortho nitro benzene ring substituents is 1. The first kappa shape index (κ1) is 22.5. The summed E-state index contributed by atoms with van der Waals surface area (Å²) in [5.41, 5.74) is 0.940. The molecule has 0 spiro atoms. The van der Waals surface area contributed by atoms with Crippen LogP contribution in [0.4, 0.5) is 11.4 Å². The first-order valence-corrected chi connectivity index (χ1v) is 10.3. The maximum Gasteiger partial charge on any atom is 0.338 e. The van der Waals surface area contributed by atoms with Crippen LogP contribution < -0.4 is 10.5 Å². The van der Waals surface area contributed by atoms with E-state index in [0.717, 1.165) is 6.07 Å². The van der Waals surface area contributed by atoms with Gasteiger partial charge in [0, 0.05) is 16.6 Å². The SMILES string of the molecule is Cc1cc(C(=O)OCC(=O)Nc2ccc([N+](=O)[O-])cc2Br)cc(S(N)(=O)=O)c1C. The summed E-state index contributed by atoms with van der Waals surface area (Å²) < 4.78 is 28.5. The Hall–Kier alpha value is -2.83. The summed E-state index contributed by atoms with van der Waals surface area (Å²) >= 11 is 3.11. The largest absolute Gasteiger partial charge is 0.452 e. The van der Waals surface area contributed by atoms with E-state index in [0.29, 0.717) is 11.1 Å². The fraction of sp³-hybridized carbons (Fsp3) is 0.176. The van der Waals surface area contributed by atoms with Crippen molar-refractivity contribution in [2.75, 3.05) is 11.9 Å². The molecular weight excluding hydrogens is 470 g/mol. The summed E-state index contributed by atoms with van der Waals surface area (Å²) in [6.07, 6.45) is 0. The van der Waals surface area contributed by atoms with Gasteiger partial charge in [0.15, 0.2) is 6.61 Å². The van der Waals surface area contributed by atoms with Crippen molar-refractivity contribution < 1.29 is 27.7 Å². The number of primary sulfonamides is 1. The number of nitrogens with one attached hydrogen (secondary N) is 1. The van der Waals surface area contributed by atoms with E-state index < -0.39 is 33.4 Å². The van der Waals surface area contributed by atoms with Crippen LogP contribution in [0.15, 0.2) is 39.7 Å². The second-order valence-corrected chi connectivity index (χ2v) is 8.39. The second kappa shape index (κ2) is 8.68. The van der Waals surface area contributed by atoms with Crippen LogP contribution in [0, 0.1) is 24.0 Å². The molecule has 10 nitrogen and oxygen atoms in total. The maximum absolute atomic E-state index is 12.2. The number of benzene rings is 2. The average molecular weight is 486 g/mol. The third-order valence-electron chi connectivity index (χ3n) is 3.93.